The van der Waals surface area contributed by atoms with Gasteiger partial charge in [0.2, 0.25) is 0 Å². The number of furan rings is 1. The minimum Gasteiger partial charge on any atom is -0.457 e. The SMILES string of the molecule is CC(CO)CNC(=O)c1ccoc1Br. The molecule has 14 heavy (non-hydrogen) atoms. The van der Waals surface area contributed by atoms with Crippen LogP contribution in [-0.4, -0.2) is 24.2 Å². The maximum Gasteiger partial charge on any atom is 0.255 e. The van der Waals surface area contributed by atoms with Crippen molar-refractivity contribution >= 4 is 21.8 Å². The van der Waals surface area contributed by atoms with Crippen LogP contribution in [0.5, 0.6) is 0 Å². The fourth-order valence-corrected chi connectivity index (χ4v) is 1.30. The van der Waals surface area contributed by atoms with Gasteiger partial charge in [0, 0.05) is 13.2 Å². The Balaban J connectivity index is 2.47. The molecule has 5 heteroatoms. The molecule has 2 N–H and O–H groups in total. The van der Waals surface area contributed by atoms with Gasteiger partial charge in [-0.15, -0.1) is 0 Å². The van der Waals surface area contributed by atoms with E-state index in [4.69, 9.17) is 9.52 Å². The van der Waals surface area contributed by atoms with Crippen molar-refractivity contribution in [1.29, 1.82) is 0 Å². The molecule has 0 spiro atoms. The van der Waals surface area contributed by atoms with Gasteiger partial charge >= 0.3 is 0 Å². The second-order valence-electron chi connectivity index (χ2n) is 3.11. The van der Waals surface area contributed by atoms with E-state index in [1.165, 1.54) is 6.26 Å². The van der Waals surface area contributed by atoms with E-state index in [1.54, 1.807) is 6.07 Å². The molecule has 1 aromatic heterocycles. The molecule has 0 aromatic carbocycles. The summed E-state index contributed by atoms with van der Waals surface area (Å²) < 4.78 is 5.35. The van der Waals surface area contributed by atoms with Crippen molar-refractivity contribution < 1.29 is 14.3 Å². The average Bonchev–Trinajstić information content (AvgIpc) is 2.60. The van der Waals surface area contributed by atoms with Crippen LogP contribution in [0.4, 0.5) is 0 Å². The maximum atomic E-state index is 11.5. The summed E-state index contributed by atoms with van der Waals surface area (Å²) in [6.45, 7) is 2.37. The number of amides is 1. The van der Waals surface area contributed by atoms with Crippen LogP contribution in [0, 0.1) is 5.92 Å². The topological polar surface area (TPSA) is 62.5 Å². The highest BCUT2D eigenvalue weighted by molar-refractivity contribution is 9.10. The number of nitrogens with one attached hydrogen (secondary N) is 1. The molecule has 0 radical (unpaired) electrons. The molecule has 0 fully saturated rings. The molecule has 0 aliphatic heterocycles. The Morgan fingerprint density at radius 1 is 1.79 bits per heavy atom. The van der Waals surface area contributed by atoms with E-state index in [2.05, 4.69) is 21.2 Å². The highest BCUT2D eigenvalue weighted by atomic mass is 79.9. The number of carbonyl (C=O) groups excluding carboxylic acids is 1. The highest BCUT2D eigenvalue weighted by Crippen LogP contribution is 2.16. The number of rotatable bonds is 4. The van der Waals surface area contributed by atoms with Gasteiger partial charge in [-0.1, -0.05) is 6.92 Å². The molecule has 78 valence electrons. The van der Waals surface area contributed by atoms with Crippen molar-refractivity contribution in [3.05, 3.63) is 22.6 Å². The Morgan fingerprint density at radius 2 is 2.50 bits per heavy atom. The molecule has 1 aromatic rings. The molecular weight excluding hydrogens is 250 g/mol. The molecule has 1 amide bonds. The first-order valence-corrected chi connectivity index (χ1v) is 5.06. The Bertz CT molecular complexity index is 311. The predicted octanol–water partition coefficient (Wildman–Crippen LogP) is 1.40. The van der Waals surface area contributed by atoms with Gasteiger partial charge in [-0.3, -0.25) is 4.79 Å². The summed E-state index contributed by atoms with van der Waals surface area (Å²) in [6, 6.07) is 1.59. The summed E-state index contributed by atoms with van der Waals surface area (Å²) in [7, 11) is 0. The quantitative estimate of drug-likeness (QED) is 0.862. The van der Waals surface area contributed by atoms with Crippen LogP contribution >= 0.6 is 15.9 Å². The summed E-state index contributed by atoms with van der Waals surface area (Å²) in [5, 5.41) is 11.4. The first-order valence-electron chi connectivity index (χ1n) is 4.27. The molecule has 0 saturated carbocycles. The fourth-order valence-electron chi connectivity index (χ4n) is 0.882. The molecule has 1 unspecified atom stereocenters. The molecule has 1 heterocycles. The number of aliphatic hydroxyl groups excluding tert-OH is 1. The number of carbonyl (C=O) groups is 1. The molecule has 4 nitrogen and oxygen atoms in total. The van der Waals surface area contributed by atoms with Gasteiger partial charge in [0.1, 0.15) is 0 Å². The Labute approximate surface area is 90.4 Å². The second-order valence-corrected chi connectivity index (χ2v) is 3.83. The lowest BCUT2D eigenvalue weighted by molar-refractivity contribution is 0.0940. The van der Waals surface area contributed by atoms with E-state index in [9.17, 15) is 4.79 Å². The van der Waals surface area contributed by atoms with E-state index in [-0.39, 0.29) is 18.4 Å². The smallest absolute Gasteiger partial charge is 0.255 e. The van der Waals surface area contributed by atoms with Crippen LogP contribution in [-0.2, 0) is 0 Å². The van der Waals surface area contributed by atoms with Crippen molar-refractivity contribution in [1.82, 2.24) is 5.32 Å². The number of hydrogen-bond acceptors (Lipinski definition) is 3. The van der Waals surface area contributed by atoms with Crippen molar-refractivity contribution in [3.63, 3.8) is 0 Å². The zero-order valence-electron chi connectivity index (χ0n) is 7.79. The zero-order chi connectivity index (χ0) is 10.6. The minimum absolute atomic E-state index is 0.0598. The first kappa shape index (κ1) is 11.3. The Hall–Kier alpha value is -0.810. The second kappa shape index (κ2) is 5.17. The summed E-state index contributed by atoms with van der Waals surface area (Å²) in [5.74, 6) is -0.143. The average molecular weight is 262 g/mol. The molecule has 0 saturated heterocycles. The lowest BCUT2D eigenvalue weighted by Crippen LogP contribution is -2.29. The predicted molar refractivity (Wildman–Crippen MR) is 55.0 cm³/mol. The highest BCUT2D eigenvalue weighted by Gasteiger charge is 2.12. The third-order valence-electron chi connectivity index (χ3n) is 1.79. The fraction of sp³-hybridized carbons (Fsp3) is 0.444. The van der Waals surface area contributed by atoms with Gasteiger partial charge in [-0.05, 0) is 27.9 Å². The molecular formula is C9H12BrNO3. The van der Waals surface area contributed by atoms with Crippen LogP contribution in [0.15, 0.2) is 21.4 Å². The van der Waals surface area contributed by atoms with E-state index < -0.39 is 0 Å². The third kappa shape index (κ3) is 2.85. The Kier molecular flexibility index (Phi) is 4.16. The van der Waals surface area contributed by atoms with E-state index in [1.807, 2.05) is 6.92 Å². The zero-order valence-corrected chi connectivity index (χ0v) is 9.37. The summed E-state index contributed by atoms with van der Waals surface area (Å²) in [4.78, 5) is 11.5. The standard InChI is InChI=1S/C9H12BrNO3/c1-6(5-12)4-11-9(13)7-2-3-14-8(7)10/h2-3,6,12H,4-5H2,1H3,(H,11,13). The van der Waals surface area contributed by atoms with Crippen molar-refractivity contribution in [2.75, 3.05) is 13.2 Å². The van der Waals surface area contributed by atoms with E-state index in [0.29, 0.717) is 16.8 Å². The van der Waals surface area contributed by atoms with Crippen LogP contribution in [0.1, 0.15) is 17.3 Å². The molecule has 1 atom stereocenters. The number of aliphatic hydroxyl groups is 1. The molecule has 0 aliphatic carbocycles. The Morgan fingerprint density at radius 3 is 3.00 bits per heavy atom. The van der Waals surface area contributed by atoms with Crippen LogP contribution in [0.3, 0.4) is 0 Å². The van der Waals surface area contributed by atoms with Crippen molar-refractivity contribution in [3.8, 4) is 0 Å². The summed E-state index contributed by atoms with van der Waals surface area (Å²) in [6.07, 6.45) is 1.44. The monoisotopic (exact) mass is 261 g/mol. The lowest BCUT2D eigenvalue weighted by Gasteiger charge is -2.08. The van der Waals surface area contributed by atoms with Gasteiger partial charge in [0.05, 0.1) is 11.8 Å². The van der Waals surface area contributed by atoms with Crippen LogP contribution in [0.2, 0.25) is 0 Å². The van der Waals surface area contributed by atoms with Gasteiger partial charge in [0.25, 0.3) is 5.91 Å². The lowest BCUT2D eigenvalue weighted by atomic mass is 10.2. The molecule has 0 aliphatic rings. The van der Waals surface area contributed by atoms with Gasteiger partial charge < -0.3 is 14.8 Å². The normalized spacial score (nSPS) is 12.5. The van der Waals surface area contributed by atoms with Crippen molar-refractivity contribution in [2.45, 2.75) is 6.92 Å². The molecule has 1 rings (SSSR count). The van der Waals surface area contributed by atoms with Crippen LogP contribution < -0.4 is 5.32 Å². The van der Waals surface area contributed by atoms with E-state index >= 15 is 0 Å². The molecule has 0 bridgehead atoms. The van der Waals surface area contributed by atoms with E-state index in [0.717, 1.165) is 0 Å². The van der Waals surface area contributed by atoms with Gasteiger partial charge in [-0.2, -0.15) is 0 Å². The number of halogens is 1. The van der Waals surface area contributed by atoms with Crippen LogP contribution in [0.25, 0.3) is 0 Å². The van der Waals surface area contributed by atoms with Crippen molar-refractivity contribution in [2.24, 2.45) is 5.92 Å². The first-order chi connectivity index (χ1) is 6.65. The van der Waals surface area contributed by atoms with Gasteiger partial charge in [0.15, 0.2) is 4.67 Å². The van der Waals surface area contributed by atoms with Gasteiger partial charge in [-0.25, -0.2) is 0 Å². The largest absolute Gasteiger partial charge is 0.457 e. The third-order valence-corrected chi connectivity index (χ3v) is 2.40. The number of hydrogen-bond donors (Lipinski definition) is 2. The minimum atomic E-state index is -0.203. The maximum absolute atomic E-state index is 11.5. The summed E-state index contributed by atoms with van der Waals surface area (Å²) in [5.41, 5.74) is 0.468. The summed E-state index contributed by atoms with van der Waals surface area (Å²) >= 11 is 3.11.